The number of pyridine rings is 1. The van der Waals surface area contributed by atoms with Crippen LogP contribution in [0.2, 0.25) is 0 Å². The molecule has 1 N–H and O–H groups in total. The van der Waals surface area contributed by atoms with Crippen molar-refractivity contribution in [2.24, 2.45) is 0 Å². The first-order valence-corrected chi connectivity index (χ1v) is 12.5. The number of benzene rings is 2. The van der Waals surface area contributed by atoms with Gasteiger partial charge in [0.25, 0.3) is 0 Å². The highest BCUT2D eigenvalue weighted by molar-refractivity contribution is 7.92. The molecule has 162 valence electrons. The van der Waals surface area contributed by atoms with E-state index in [0.29, 0.717) is 30.3 Å². The first-order chi connectivity index (χ1) is 14.9. The van der Waals surface area contributed by atoms with Crippen molar-refractivity contribution in [1.82, 2.24) is 9.71 Å². The molecule has 3 aromatic rings. The van der Waals surface area contributed by atoms with Crippen molar-refractivity contribution in [1.29, 1.82) is 0 Å². The van der Waals surface area contributed by atoms with Crippen LogP contribution in [0.4, 0.5) is 0 Å². The highest BCUT2D eigenvalue weighted by Crippen LogP contribution is 2.33. The molecule has 0 amide bonds. The highest BCUT2D eigenvalue weighted by atomic mass is 32.2. The quantitative estimate of drug-likeness (QED) is 0.576. The average Bonchev–Trinajstić information content (AvgIpc) is 2.80. The van der Waals surface area contributed by atoms with Gasteiger partial charge in [-0.2, -0.15) is 0 Å². The number of nitrogens with one attached hydrogen (secondary N) is 1. The lowest BCUT2D eigenvalue weighted by Gasteiger charge is -2.20. The van der Waals surface area contributed by atoms with Gasteiger partial charge >= 0.3 is 0 Å². The van der Waals surface area contributed by atoms with Crippen molar-refractivity contribution in [3.63, 3.8) is 0 Å². The molecule has 2 aromatic carbocycles. The molecule has 4 rings (SSSR count). The molecule has 0 radical (unpaired) electrons. The van der Waals surface area contributed by atoms with Gasteiger partial charge in [0, 0.05) is 25.0 Å². The van der Waals surface area contributed by atoms with Gasteiger partial charge in [0.15, 0.2) is 21.3 Å². The Morgan fingerprint density at radius 3 is 2.32 bits per heavy atom. The Bertz CT molecular complexity index is 1260. The van der Waals surface area contributed by atoms with Crippen molar-refractivity contribution in [2.45, 2.75) is 15.0 Å². The van der Waals surface area contributed by atoms with Crippen molar-refractivity contribution in [3.8, 4) is 11.5 Å². The van der Waals surface area contributed by atoms with Crippen LogP contribution in [0.5, 0.6) is 11.5 Å². The van der Waals surface area contributed by atoms with Gasteiger partial charge in [-0.05, 0) is 35.9 Å². The molecule has 31 heavy (non-hydrogen) atoms. The average molecular weight is 461 g/mol. The van der Waals surface area contributed by atoms with Gasteiger partial charge in [-0.1, -0.05) is 24.3 Å². The predicted molar refractivity (Wildman–Crippen MR) is 113 cm³/mol. The molecule has 2 heterocycles. The van der Waals surface area contributed by atoms with Crippen LogP contribution >= 0.6 is 0 Å². The molecule has 10 heteroatoms. The summed E-state index contributed by atoms with van der Waals surface area (Å²) in [5.41, 5.74) is 0.385. The van der Waals surface area contributed by atoms with Crippen LogP contribution in [0.1, 0.15) is 10.8 Å². The van der Waals surface area contributed by atoms with E-state index in [1.54, 1.807) is 30.3 Å². The Morgan fingerprint density at radius 2 is 1.61 bits per heavy atom. The van der Waals surface area contributed by atoms with E-state index in [2.05, 4.69) is 9.71 Å². The first kappa shape index (κ1) is 21.3. The predicted octanol–water partition coefficient (Wildman–Crippen LogP) is 2.35. The summed E-state index contributed by atoms with van der Waals surface area (Å²) in [6.45, 7) is 0.351. The van der Waals surface area contributed by atoms with Gasteiger partial charge in [-0.3, -0.25) is 4.98 Å². The zero-order valence-electron chi connectivity index (χ0n) is 16.3. The summed E-state index contributed by atoms with van der Waals surface area (Å²) in [5, 5.41) is -1.16. The van der Waals surface area contributed by atoms with E-state index >= 15 is 0 Å². The van der Waals surface area contributed by atoms with Crippen LogP contribution in [0.25, 0.3) is 0 Å². The van der Waals surface area contributed by atoms with E-state index in [-0.39, 0.29) is 16.3 Å². The molecule has 0 saturated heterocycles. The second kappa shape index (κ2) is 8.66. The first-order valence-electron chi connectivity index (χ1n) is 9.46. The lowest BCUT2D eigenvalue weighted by atomic mass is 10.2. The number of sulfone groups is 1. The Hall–Kier alpha value is -2.95. The summed E-state index contributed by atoms with van der Waals surface area (Å²) >= 11 is 0. The summed E-state index contributed by atoms with van der Waals surface area (Å²) in [4.78, 5) is 4.05. The van der Waals surface area contributed by atoms with Crippen molar-refractivity contribution >= 4 is 19.9 Å². The van der Waals surface area contributed by atoms with Gasteiger partial charge in [0.05, 0.1) is 9.79 Å². The van der Waals surface area contributed by atoms with Crippen molar-refractivity contribution in [3.05, 3.63) is 78.6 Å². The third-order valence-corrected chi connectivity index (χ3v) is 8.32. The Balaban J connectivity index is 1.64. The third kappa shape index (κ3) is 4.55. The Morgan fingerprint density at radius 1 is 0.871 bits per heavy atom. The molecule has 1 aliphatic heterocycles. The maximum Gasteiger partial charge on any atom is 0.240 e. The molecule has 1 aromatic heterocycles. The number of rotatable bonds is 7. The number of fused-ring (bicyclic) bond motifs is 1. The largest absolute Gasteiger partial charge is 0.486 e. The van der Waals surface area contributed by atoms with E-state index in [1.807, 2.05) is 0 Å². The number of ether oxygens (including phenoxy) is 2. The number of sulfonamides is 1. The van der Waals surface area contributed by atoms with Crippen LogP contribution in [0.3, 0.4) is 0 Å². The van der Waals surface area contributed by atoms with Crippen LogP contribution in [-0.2, 0) is 19.9 Å². The second-order valence-electron chi connectivity index (χ2n) is 6.79. The summed E-state index contributed by atoms with van der Waals surface area (Å²) in [5.74, 6) is 0.792. The Labute approximate surface area is 180 Å². The molecular weight excluding hydrogens is 440 g/mol. The van der Waals surface area contributed by atoms with Crippen molar-refractivity contribution < 1.29 is 26.3 Å². The van der Waals surface area contributed by atoms with E-state index in [9.17, 15) is 16.8 Å². The summed E-state index contributed by atoms with van der Waals surface area (Å²) in [6.07, 6.45) is 2.94. The van der Waals surface area contributed by atoms with Gasteiger partial charge in [0.2, 0.25) is 10.0 Å². The van der Waals surface area contributed by atoms with Crippen LogP contribution < -0.4 is 14.2 Å². The molecular formula is C21H20N2O6S2. The van der Waals surface area contributed by atoms with Gasteiger partial charge in [-0.25, -0.2) is 21.6 Å². The minimum absolute atomic E-state index is 0.0428. The monoisotopic (exact) mass is 460 g/mol. The molecule has 0 fully saturated rings. The summed E-state index contributed by atoms with van der Waals surface area (Å²) in [7, 11) is -7.89. The number of aromatic nitrogens is 1. The zero-order valence-corrected chi connectivity index (χ0v) is 18.0. The number of nitrogens with zero attached hydrogens (tertiary/aromatic N) is 1. The SMILES string of the molecule is O=S(=O)(NC[C@@H](c1cccnc1)S(=O)(=O)c1ccccc1)c1ccc2c(c1)OCCO2. The van der Waals surface area contributed by atoms with E-state index in [4.69, 9.17) is 9.47 Å². The van der Waals surface area contributed by atoms with E-state index in [1.165, 1.54) is 42.7 Å². The fraction of sp³-hybridized carbons (Fsp3) is 0.190. The van der Waals surface area contributed by atoms with Crippen LogP contribution in [-0.4, -0.2) is 41.6 Å². The highest BCUT2D eigenvalue weighted by Gasteiger charge is 2.31. The lowest BCUT2D eigenvalue weighted by Crippen LogP contribution is -2.32. The standard InChI is InChI=1S/C21H20N2O6S2/c24-30(25,17-6-2-1-3-7-17)21(16-5-4-10-22-14-16)15-23-31(26,27)18-8-9-19-20(13-18)29-12-11-28-19/h1-10,13-14,21,23H,11-12,15H2/t21-/m0/s1. The van der Waals surface area contributed by atoms with Crippen LogP contribution in [0, 0.1) is 0 Å². The number of hydrogen-bond donors (Lipinski definition) is 1. The minimum Gasteiger partial charge on any atom is -0.486 e. The lowest BCUT2D eigenvalue weighted by molar-refractivity contribution is 0.171. The minimum atomic E-state index is -4.01. The normalized spacial score (nSPS) is 14.7. The Kier molecular flexibility index (Phi) is 5.94. The number of hydrogen-bond acceptors (Lipinski definition) is 7. The van der Waals surface area contributed by atoms with Gasteiger partial charge in [0.1, 0.15) is 18.5 Å². The van der Waals surface area contributed by atoms with Gasteiger partial charge in [-0.15, -0.1) is 0 Å². The maximum absolute atomic E-state index is 13.3. The second-order valence-corrected chi connectivity index (χ2v) is 10.7. The van der Waals surface area contributed by atoms with E-state index < -0.39 is 25.1 Å². The smallest absolute Gasteiger partial charge is 0.240 e. The van der Waals surface area contributed by atoms with E-state index in [0.717, 1.165) is 0 Å². The molecule has 0 aliphatic carbocycles. The fourth-order valence-electron chi connectivity index (χ4n) is 3.21. The molecule has 8 nitrogen and oxygen atoms in total. The topological polar surface area (TPSA) is 112 Å². The molecule has 0 saturated carbocycles. The fourth-order valence-corrected chi connectivity index (χ4v) is 6.04. The molecule has 0 unspecified atom stereocenters. The maximum atomic E-state index is 13.3. The van der Waals surface area contributed by atoms with Crippen LogP contribution in [0.15, 0.2) is 82.8 Å². The van der Waals surface area contributed by atoms with Crippen molar-refractivity contribution in [2.75, 3.05) is 19.8 Å². The summed E-state index contributed by atoms with van der Waals surface area (Å²) < 4.78 is 65.6. The third-order valence-electron chi connectivity index (χ3n) is 4.79. The molecule has 0 bridgehead atoms. The molecule has 1 aliphatic rings. The van der Waals surface area contributed by atoms with Gasteiger partial charge < -0.3 is 9.47 Å². The molecule has 1 atom stereocenters. The zero-order chi connectivity index (χ0) is 21.9. The molecule has 0 spiro atoms. The summed E-state index contributed by atoms with van der Waals surface area (Å²) in [6, 6.07) is 15.4.